The van der Waals surface area contributed by atoms with Crippen molar-refractivity contribution in [3.05, 3.63) is 0 Å². The molecule has 0 aliphatic carbocycles. The van der Waals surface area contributed by atoms with Crippen LogP contribution in [-0.2, 0) is 9.84 Å². The van der Waals surface area contributed by atoms with Gasteiger partial charge in [0, 0.05) is 12.0 Å². The zero-order valence-electron chi connectivity index (χ0n) is 6.70. The van der Waals surface area contributed by atoms with Crippen LogP contribution < -0.4 is 0 Å². The molecule has 3 nitrogen and oxygen atoms in total. The standard InChI is InChI=1S/C6H12F2O3S/c1-12(10,11)4-2-3-5(9)6(7)8/h5-6,9H,2-4H2,1H3. The average molecular weight is 202 g/mol. The second kappa shape index (κ2) is 4.71. The molecular formula is C6H12F2O3S. The highest BCUT2D eigenvalue weighted by Crippen LogP contribution is 2.07. The molecule has 0 aliphatic rings. The van der Waals surface area contributed by atoms with E-state index in [1.807, 2.05) is 0 Å². The van der Waals surface area contributed by atoms with E-state index in [2.05, 4.69) is 0 Å². The second-order valence-corrected chi connectivity index (χ2v) is 4.93. The average Bonchev–Trinajstić information content (AvgIpc) is 1.84. The van der Waals surface area contributed by atoms with E-state index in [4.69, 9.17) is 5.11 Å². The van der Waals surface area contributed by atoms with Gasteiger partial charge in [0.25, 0.3) is 6.43 Å². The number of halogens is 2. The zero-order valence-corrected chi connectivity index (χ0v) is 7.52. The highest BCUT2D eigenvalue weighted by Gasteiger charge is 2.16. The van der Waals surface area contributed by atoms with Gasteiger partial charge in [-0.1, -0.05) is 0 Å². The summed E-state index contributed by atoms with van der Waals surface area (Å²) in [6.45, 7) is 0. The Hall–Kier alpha value is -0.230. The SMILES string of the molecule is CS(=O)(=O)CCCC(O)C(F)F. The molecule has 1 atom stereocenters. The summed E-state index contributed by atoms with van der Waals surface area (Å²) in [5, 5.41) is 8.58. The van der Waals surface area contributed by atoms with Crippen LogP contribution in [0.2, 0.25) is 0 Å². The van der Waals surface area contributed by atoms with Crippen LogP contribution in [-0.4, -0.2) is 38.1 Å². The van der Waals surface area contributed by atoms with Crippen LogP contribution in [0.25, 0.3) is 0 Å². The summed E-state index contributed by atoms with van der Waals surface area (Å²) in [7, 11) is -3.10. The predicted molar refractivity (Wildman–Crippen MR) is 41.0 cm³/mol. The summed E-state index contributed by atoms with van der Waals surface area (Å²) < 4.78 is 44.3. The first-order chi connectivity index (χ1) is 5.33. The Bertz CT molecular complexity index is 213. The molecule has 0 spiro atoms. The third-order valence-electron chi connectivity index (χ3n) is 1.31. The fourth-order valence-electron chi connectivity index (χ4n) is 0.681. The zero-order chi connectivity index (χ0) is 9.78. The van der Waals surface area contributed by atoms with Gasteiger partial charge in [-0.05, 0) is 12.8 Å². The topological polar surface area (TPSA) is 54.4 Å². The van der Waals surface area contributed by atoms with Gasteiger partial charge >= 0.3 is 0 Å². The van der Waals surface area contributed by atoms with Gasteiger partial charge in [0.2, 0.25) is 0 Å². The van der Waals surface area contributed by atoms with Gasteiger partial charge in [0.1, 0.15) is 15.9 Å². The number of alkyl halides is 2. The maximum absolute atomic E-state index is 11.6. The highest BCUT2D eigenvalue weighted by molar-refractivity contribution is 7.90. The van der Waals surface area contributed by atoms with E-state index >= 15 is 0 Å². The molecule has 0 aliphatic heterocycles. The van der Waals surface area contributed by atoms with Gasteiger partial charge in [-0.25, -0.2) is 17.2 Å². The Morgan fingerprint density at radius 3 is 2.25 bits per heavy atom. The molecule has 74 valence electrons. The van der Waals surface area contributed by atoms with Crippen molar-refractivity contribution in [1.29, 1.82) is 0 Å². The fraction of sp³-hybridized carbons (Fsp3) is 1.00. The molecule has 6 heteroatoms. The van der Waals surface area contributed by atoms with Gasteiger partial charge in [-0.3, -0.25) is 0 Å². The van der Waals surface area contributed by atoms with Crippen molar-refractivity contribution < 1.29 is 22.3 Å². The molecule has 1 unspecified atom stereocenters. The van der Waals surface area contributed by atoms with Crippen LogP contribution in [0.5, 0.6) is 0 Å². The predicted octanol–water partition coefficient (Wildman–Crippen LogP) is 0.437. The van der Waals surface area contributed by atoms with E-state index in [1.54, 1.807) is 0 Å². The maximum atomic E-state index is 11.6. The fourth-order valence-corrected chi connectivity index (χ4v) is 1.37. The minimum atomic E-state index is -3.10. The number of sulfone groups is 1. The van der Waals surface area contributed by atoms with Crippen molar-refractivity contribution >= 4 is 9.84 Å². The molecule has 0 aromatic rings. The molecule has 0 amide bonds. The number of rotatable bonds is 5. The third kappa shape index (κ3) is 6.48. The normalized spacial score (nSPS) is 15.1. The number of aliphatic hydroxyl groups is 1. The molecule has 0 saturated heterocycles. The molecule has 0 radical (unpaired) electrons. The minimum Gasteiger partial charge on any atom is -0.387 e. The quantitative estimate of drug-likeness (QED) is 0.703. The Balaban J connectivity index is 3.58. The molecular weight excluding hydrogens is 190 g/mol. The van der Waals surface area contributed by atoms with Crippen molar-refractivity contribution in [3.8, 4) is 0 Å². The van der Waals surface area contributed by atoms with Crippen LogP contribution in [0.4, 0.5) is 8.78 Å². The van der Waals surface area contributed by atoms with Gasteiger partial charge < -0.3 is 5.11 Å². The smallest absolute Gasteiger partial charge is 0.264 e. The Morgan fingerprint density at radius 1 is 1.42 bits per heavy atom. The van der Waals surface area contributed by atoms with Crippen LogP contribution in [0.1, 0.15) is 12.8 Å². The summed E-state index contributed by atoms with van der Waals surface area (Å²) >= 11 is 0. The number of hydrogen-bond donors (Lipinski definition) is 1. The van der Waals surface area contributed by atoms with Gasteiger partial charge in [-0.2, -0.15) is 0 Å². The molecule has 0 bridgehead atoms. The number of hydrogen-bond acceptors (Lipinski definition) is 3. The summed E-state index contributed by atoms with van der Waals surface area (Å²) in [5.74, 6) is -0.156. The van der Waals surface area contributed by atoms with Crippen LogP contribution in [0.15, 0.2) is 0 Å². The van der Waals surface area contributed by atoms with Crippen molar-refractivity contribution in [2.45, 2.75) is 25.4 Å². The Kier molecular flexibility index (Phi) is 4.62. The second-order valence-electron chi connectivity index (χ2n) is 2.67. The number of aliphatic hydroxyl groups excluding tert-OH is 1. The summed E-state index contributed by atoms with van der Waals surface area (Å²) in [5.41, 5.74) is 0. The van der Waals surface area contributed by atoms with Crippen LogP contribution in [0, 0.1) is 0 Å². The van der Waals surface area contributed by atoms with E-state index in [9.17, 15) is 17.2 Å². The van der Waals surface area contributed by atoms with Crippen molar-refractivity contribution in [3.63, 3.8) is 0 Å². The maximum Gasteiger partial charge on any atom is 0.264 e. The lowest BCUT2D eigenvalue weighted by atomic mass is 10.2. The molecule has 0 heterocycles. The van der Waals surface area contributed by atoms with Crippen molar-refractivity contribution in [2.75, 3.05) is 12.0 Å². The highest BCUT2D eigenvalue weighted by atomic mass is 32.2. The first kappa shape index (κ1) is 11.8. The van der Waals surface area contributed by atoms with Crippen LogP contribution in [0.3, 0.4) is 0 Å². The molecule has 0 saturated carbocycles. The third-order valence-corrected chi connectivity index (χ3v) is 2.34. The molecule has 1 N–H and O–H groups in total. The molecule has 0 fully saturated rings. The molecule has 0 aromatic heterocycles. The van der Waals surface area contributed by atoms with E-state index in [0.29, 0.717) is 0 Å². The Morgan fingerprint density at radius 2 is 1.92 bits per heavy atom. The van der Waals surface area contributed by atoms with Gasteiger partial charge in [0.15, 0.2) is 0 Å². The first-order valence-electron chi connectivity index (χ1n) is 3.47. The molecule has 12 heavy (non-hydrogen) atoms. The van der Waals surface area contributed by atoms with Crippen molar-refractivity contribution in [2.24, 2.45) is 0 Å². The van der Waals surface area contributed by atoms with Crippen LogP contribution >= 0.6 is 0 Å². The van der Waals surface area contributed by atoms with E-state index in [1.165, 1.54) is 0 Å². The van der Waals surface area contributed by atoms with Gasteiger partial charge in [0.05, 0.1) is 0 Å². The van der Waals surface area contributed by atoms with Gasteiger partial charge in [-0.15, -0.1) is 0 Å². The molecule has 0 aromatic carbocycles. The van der Waals surface area contributed by atoms with E-state index < -0.39 is 22.4 Å². The largest absolute Gasteiger partial charge is 0.387 e. The lowest BCUT2D eigenvalue weighted by Gasteiger charge is -2.07. The Labute approximate surface area is 70.3 Å². The summed E-state index contributed by atoms with van der Waals surface area (Å²) in [4.78, 5) is 0. The monoisotopic (exact) mass is 202 g/mol. The lowest BCUT2D eigenvalue weighted by Crippen LogP contribution is -2.18. The van der Waals surface area contributed by atoms with Crippen molar-refractivity contribution in [1.82, 2.24) is 0 Å². The van der Waals surface area contributed by atoms with E-state index in [-0.39, 0.29) is 18.6 Å². The molecule has 0 rings (SSSR count). The minimum absolute atomic E-state index is 0.0737. The first-order valence-corrected chi connectivity index (χ1v) is 5.53. The van der Waals surface area contributed by atoms with E-state index in [0.717, 1.165) is 6.26 Å². The lowest BCUT2D eigenvalue weighted by molar-refractivity contribution is -0.00893. The summed E-state index contributed by atoms with van der Waals surface area (Å²) in [6.07, 6.45) is -3.56. The summed E-state index contributed by atoms with van der Waals surface area (Å²) in [6, 6.07) is 0.